The van der Waals surface area contributed by atoms with Crippen LogP contribution in [0.1, 0.15) is 38.5 Å². The lowest BCUT2D eigenvalue weighted by atomic mass is 9.72. The van der Waals surface area contributed by atoms with Crippen molar-refractivity contribution in [3.8, 4) is 0 Å². The average Bonchev–Trinajstić information content (AvgIpc) is 2.22. The standard InChI is InChI=1S/C13H22N2O/c16-13(15-12-2-1-3-12)11-5-9-4-10(6-11)8-14-7-9/h9-12,14H,1-8H2,(H,15,16). The predicted octanol–water partition coefficient (Wildman–Crippen LogP) is 1.29. The highest BCUT2D eigenvalue weighted by molar-refractivity contribution is 5.79. The molecule has 3 heteroatoms. The Balaban J connectivity index is 1.55. The van der Waals surface area contributed by atoms with Crippen molar-refractivity contribution < 1.29 is 4.79 Å². The molecule has 1 amide bonds. The van der Waals surface area contributed by atoms with Crippen molar-refractivity contribution in [2.45, 2.75) is 44.6 Å². The zero-order valence-corrected chi connectivity index (χ0v) is 9.87. The number of carbonyl (C=O) groups is 1. The molecule has 2 aliphatic carbocycles. The molecule has 0 aromatic carbocycles. The summed E-state index contributed by atoms with van der Waals surface area (Å²) in [4.78, 5) is 12.1. The Bertz CT molecular complexity index is 263. The minimum absolute atomic E-state index is 0.312. The Kier molecular flexibility index (Phi) is 2.88. The fraction of sp³-hybridized carbons (Fsp3) is 0.923. The predicted molar refractivity (Wildman–Crippen MR) is 63.0 cm³/mol. The van der Waals surface area contributed by atoms with Crippen LogP contribution in [0.2, 0.25) is 0 Å². The third kappa shape index (κ3) is 2.10. The van der Waals surface area contributed by atoms with Crippen LogP contribution in [0.4, 0.5) is 0 Å². The van der Waals surface area contributed by atoms with E-state index in [2.05, 4.69) is 10.6 Å². The van der Waals surface area contributed by atoms with E-state index in [4.69, 9.17) is 0 Å². The number of rotatable bonds is 2. The first-order chi connectivity index (χ1) is 7.81. The molecule has 2 unspecified atom stereocenters. The highest BCUT2D eigenvalue weighted by atomic mass is 16.1. The zero-order valence-electron chi connectivity index (χ0n) is 9.87. The van der Waals surface area contributed by atoms with Crippen molar-refractivity contribution >= 4 is 5.91 Å². The maximum Gasteiger partial charge on any atom is 0.223 e. The minimum Gasteiger partial charge on any atom is -0.353 e. The number of carbonyl (C=O) groups excluding carboxylic acids is 1. The van der Waals surface area contributed by atoms with Gasteiger partial charge in [-0.25, -0.2) is 0 Å². The van der Waals surface area contributed by atoms with E-state index in [0.717, 1.165) is 37.8 Å². The Morgan fingerprint density at radius 3 is 2.31 bits per heavy atom. The fourth-order valence-electron chi connectivity index (χ4n) is 3.48. The first kappa shape index (κ1) is 10.6. The van der Waals surface area contributed by atoms with Crippen LogP contribution in [-0.4, -0.2) is 25.0 Å². The molecule has 2 saturated carbocycles. The summed E-state index contributed by atoms with van der Waals surface area (Å²) >= 11 is 0. The number of nitrogens with one attached hydrogen (secondary N) is 2. The van der Waals surface area contributed by atoms with E-state index >= 15 is 0 Å². The van der Waals surface area contributed by atoms with Crippen LogP contribution in [0.15, 0.2) is 0 Å². The van der Waals surface area contributed by atoms with Crippen LogP contribution in [0.5, 0.6) is 0 Å². The van der Waals surface area contributed by atoms with E-state index in [1.165, 1.54) is 25.7 Å². The molecular formula is C13H22N2O. The van der Waals surface area contributed by atoms with Gasteiger partial charge < -0.3 is 10.6 Å². The highest BCUT2D eigenvalue weighted by Crippen LogP contribution is 2.35. The van der Waals surface area contributed by atoms with Crippen LogP contribution in [0.25, 0.3) is 0 Å². The molecule has 1 aliphatic heterocycles. The molecule has 3 aliphatic rings. The van der Waals surface area contributed by atoms with E-state index in [1.54, 1.807) is 0 Å². The first-order valence-corrected chi connectivity index (χ1v) is 6.82. The van der Waals surface area contributed by atoms with Gasteiger partial charge >= 0.3 is 0 Å². The second-order valence-corrected chi connectivity index (χ2v) is 5.93. The molecule has 0 radical (unpaired) electrons. The van der Waals surface area contributed by atoms with Crippen LogP contribution in [0.3, 0.4) is 0 Å². The molecule has 0 aromatic heterocycles. The second-order valence-electron chi connectivity index (χ2n) is 5.93. The largest absolute Gasteiger partial charge is 0.353 e. The molecule has 90 valence electrons. The topological polar surface area (TPSA) is 41.1 Å². The third-order valence-corrected chi connectivity index (χ3v) is 4.59. The fourth-order valence-corrected chi connectivity index (χ4v) is 3.48. The summed E-state index contributed by atoms with van der Waals surface area (Å²) < 4.78 is 0. The molecule has 3 nitrogen and oxygen atoms in total. The van der Waals surface area contributed by atoms with Gasteiger partial charge in [0, 0.05) is 12.0 Å². The van der Waals surface area contributed by atoms with Crippen LogP contribution in [-0.2, 0) is 4.79 Å². The average molecular weight is 222 g/mol. The van der Waals surface area contributed by atoms with E-state index in [-0.39, 0.29) is 0 Å². The van der Waals surface area contributed by atoms with Gasteiger partial charge in [-0.15, -0.1) is 0 Å². The van der Waals surface area contributed by atoms with Crippen molar-refractivity contribution in [2.75, 3.05) is 13.1 Å². The molecule has 1 heterocycles. The third-order valence-electron chi connectivity index (χ3n) is 4.59. The number of hydrogen-bond donors (Lipinski definition) is 2. The van der Waals surface area contributed by atoms with Crippen molar-refractivity contribution in [1.29, 1.82) is 0 Å². The number of amides is 1. The molecule has 3 rings (SSSR count). The molecule has 3 fully saturated rings. The zero-order chi connectivity index (χ0) is 11.0. The van der Waals surface area contributed by atoms with Crippen LogP contribution in [0, 0.1) is 17.8 Å². The maximum absolute atomic E-state index is 12.1. The van der Waals surface area contributed by atoms with Crippen LogP contribution >= 0.6 is 0 Å². The SMILES string of the molecule is O=C(NC1CCC1)C1CC2CNCC(C2)C1. The highest BCUT2D eigenvalue weighted by Gasteiger charge is 2.35. The number of fused-ring (bicyclic) bond motifs is 2. The number of piperidine rings is 1. The summed E-state index contributed by atoms with van der Waals surface area (Å²) in [5.41, 5.74) is 0. The van der Waals surface area contributed by atoms with Gasteiger partial charge in [0.1, 0.15) is 0 Å². The second kappa shape index (κ2) is 4.36. The molecule has 0 spiro atoms. The maximum atomic E-state index is 12.1. The Hall–Kier alpha value is -0.570. The smallest absolute Gasteiger partial charge is 0.223 e. The van der Waals surface area contributed by atoms with E-state index in [1.807, 2.05) is 0 Å². The van der Waals surface area contributed by atoms with Gasteiger partial charge in [0.05, 0.1) is 0 Å². The summed E-state index contributed by atoms with van der Waals surface area (Å²) in [7, 11) is 0. The summed E-state index contributed by atoms with van der Waals surface area (Å²) in [6, 6.07) is 0.507. The first-order valence-electron chi connectivity index (χ1n) is 6.82. The van der Waals surface area contributed by atoms with Crippen molar-refractivity contribution in [3.63, 3.8) is 0 Å². The van der Waals surface area contributed by atoms with Gasteiger partial charge in [-0.1, -0.05) is 0 Å². The van der Waals surface area contributed by atoms with Crippen molar-refractivity contribution in [2.24, 2.45) is 17.8 Å². The minimum atomic E-state index is 0.312. The normalized spacial score (nSPS) is 38.9. The lowest BCUT2D eigenvalue weighted by Gasteiger charge is -2.39. The Labute approximate surface area is 97.4 Å². The summed E-state index contributed by atoms with van der Waals surface area (Å²) in [6.45, 7) is 2.26. The van der Waals surface area contributed by atoms with E-state index in [9.17, 15) is 4.79 Å². The summed E-state index contributed by atoms with van der Waals surface area (Å²) in [5.74, 6) is 2.17. The molecule has 1 saturated heterocycles. The quantitative estimate of drug-likeness (QED) is 0.739. The van der Waals surface area contributed by atoms with E-state index < -0.39 is 0 Å². The van der Waals surface area contributed by atoms with Gasteiger partial charge in [0.15, 0.2) is 0 Å². The van der Waals surface area contributed by atoms with Gasteiger partial charge in [0.2, 0.25) is 5.91 Å². The number of hydrogen-bond acceptors (Lipinski definition) is 2. The molecule has 0 aromatic rings. The monoisotopic (exact) mass is 222 g/mol. The van der Waals surface area contributed by atoms with Crippen molar-refractivity contribution in [3.05, 3.63) is 0 Å². The van der Waals surface area contributed by atoms with Crippen molar-refractivity contribution in [1.82, 2.24) is 10.6 Å². The molecule has 16 heavy (non-hydrogen) atoms. The van der Waals surface area contributed by atoms with Gasteiger partial charge in [-0.05, 0) is 63.5 Å². The summed E-state index contributed by atoms with van der Waals surface area (Å²) in [6.07, 6.45) is 7.27. The van der Waals surface area contributed by atoms with Crippen LogP contribution < -0.4 is 10.6 Å². The van der Waals surface area contributed by atoms with Gasteiger partial charge in [0.25, 0.3) is 0 Å². The molecule has 2 atom stereocenters. The molecule has 2 bridgehead atoms. The van der Waals surface area contributed by atoms with E-state index in [0.29, 0.717) is 17.9 Å². The Morgan fingerprint density at radius 2 is 1.75 bits per heavy atom. The molecule has 2 N–H and O–H groups in total. The Morgan fingerprint density at radius 1 is 1.06 bits per heavy atom. The lowest BCUT2D eigenvalue weighted by Crippen LogP contribution is -2.48. The van der Waals surface area contributed by atoms with Gasteiger partial charge in [-0.2, -0.15) is 0 Å². The summed E-state index contributed by atoms with van der Waals surface area (Å²) in [5, 5.41) is 6.69. The lowest BCUT2D eigenvalue weighted by molar-refractivity contribution is -0.128. The van der Waals surface area contributed by atoms with Gasteiger partial charge in [-0.3, -0.25) is 4.79 Å². The molecular weight excluding hydrogens is 200 g/mol.